The van der Waals surface area contributed by atoms with E-state index in [0.29, 0.717) is 25.7 Å². The van der Waals surface area contributed by atoms with Crippen LogP contribution in [0, 0.1) is 5.41 Å². The summed E-state index contributed by atoms with van der Waals surface area (Å²) in [5.41, 5.74) is 2.34. The number of aliphatic carboxylic acids is 1. The van der Waals surface area contributed by atoms with E-state index in [1.165, 1.54) is 0 Å². The molecule has 186 valence electrons. The van der Waals surface area contributed by atoms with E-state index in [1.807, 2.05) is 38.1 Å². The average molecular weight is 479 g/mol. The van der Waals surface area contributed by atoms with Crippen molar-refractivity contribution in [2.75, 3.05) is 6.61 Å². The molecule has 7 heteroatoms. The summed E-state index contributed by atoms with van der Waals surface area (Å²) >= 11 is 0. The van der Waals surface area contributed by atoms with Gasteiger partial charge >= 0.3 is 12.1 Å². The van der Waals surface area contributed by atoms with Gasteiger partial charge in [-0.3, -0.25) is 9.59 Å². The molecule has 35 heavy (non-hydrogen) atoms. The van der Waals surface area contributed by atoms with Gasteiger partial charge in [-0.15, -0.1) is 0 Å². The summed E-state index contributed by atoms with van der Waals surface area (Å²) in [6, 6.07) is 15.7. The number of fused-ring (bicyclic) bond motifs is 3. The Hall–Kier alpha value is -3.35. The molecule has 0 radical (unpaired) electrons. The minimum Gasteiger partial charge on any atom is -0.481 e. The molecule has 2 aliphatic carbocycles. The third-order valence-corrected chi connectivity index (χ3v) is 8.08. The summed E-state index contributed by atoms with van der Waals surface area (Å²) in [5, 5.41) is 15.4. The summed E-state index contributed by atoms with van der Waals surface area (Å²) in [4.78, 5) is 38.1. The van der Waals surface area contributed by atoms with Crippen molar-refractivity contribution in [3.8, 4) is 11.1 Å². The van der Waals surface area contributed by atoms with Crippen LogP contribution in [-0.2, 0) is 14.3 Å². The number of hydrogen-bond acceptors (Lipinski definition) is 4. The molecule has 1 fully saturated rings. The number of ether oxygens (including phenoxy) is 1. The van der Waals surface area contributed by atoms with Gasteiger partial charge in [0.05, 0.1) is 5.41 Å². The van der Waals surface area contributed by atoms with Gasteiger partial charge in [-0.25, -0.2) is 4.79 Å². The quantitative estimate of drug-likeness (QED) is 0.503. The van der Waals surface area contributed by atoms with Gasteiger partial charge in [0.1, 0.15) is 12.1 Å². The van der Waals surface area contributed by atoms with Crippen molar-refractivity contribution in [3.63, 3.8) is 0 Å². The molecule has 3 N–H and O–H groups in total. The molecular formula is C28H34N2O5. The fraction of sp³-hybridized carbons (Fsp3) is 0.464. The molecular weight excluding hydrogens is 444 g/mol. The van der Waals surface area contributed by atoms with Crippen molar-refractivity contribution in [2.24, 2.45) is 5.41 Å². The Kier molecular flexibility index (Phi) is 6.88. The Bertz CT molecular complexity index is 1080. The molecule has 2 amide bonds. The van der Waals surface area contributed by atoms with E-state index in [1.54, 1.807) is 6.92 Å². The summed E-state index contributed by atoms with van der Waals surface area (Å²) in [6.45, 7) is 5.49. The first-order valence-corrected chi connectivity index (χ1v) is 12.4. The van der Waals surface area contributed by atoms with Crippen molar-refractivity contribution >= 4 is 18.0 Å². The topological polar surface area (TPSA) is 105 Å². The van der Waals surface area contributed by atoms with Gasteiger partial charge < -0.3 is 20.5 Å². The van der Waals surface area contributed by atoms with Crippen LogP contribution in [0.1, 0.15) is 69.9 Å². The molecule has 0 aliphatic heterocycles. The molecule has 0 heterocycles. The van der Waals surface area contributed by atoms with Gasteiger partial charge in [0, 0.05) is 12.0 Å². The lowest BCUT2D eigenvalue weighted by molar-refractivity contribution is -0.149. The van der Waals surface area contributed by atoms with Crippen molar-refractivity contribution in [1.82, 2.24) is 10.6 Å². The normalized spacial score (nSPS) is 21.2. The number of nitrogens with one attached hydrogen (secondary N) is 2. The lowest BCUT2D eigenvalue weighted by Crippen LogP contribution is -2.61. The van der Waals surface area contributed by atoms with Crippen LogP contribution in [0.4, 0.5) is 4.79 Å². The van der Waals surface area contributed by atoms with Gasteiger partial charge in [-0.1, -0.05) is 68.8 Å². The molecule has 1 saturated carbocycles. The summed E-state index contributed by atoms with van der Waals surface area (Å²) in [7, 11) is 0. The van der Waals surface area contributed by atoms with Crippen LogP contribution in [-0.4, -0.2) is 41.3 Å². The second kappa shape index (κ2) is 9.72. The minimum atomic E-state index is -1.18. The number of carboxylic acids is 1. The highest BCUT2D eigenvalue weighted by molar-refractivity contribution is 5.91. The first-order chi connectivity index (χ1) is 16.8. The summed E-state index contributed by atoms with van der Waals surface area (Å²) in [6.07, 6.45) is 1.91. The molecule has 0 saturated heterocycles. The molecule has 0 bridgehead atoms. The highest BCUT2D eigenvalue weighted by Gasteiger charge is 2.48. The van der Waals surface area contributed by atoms with Crippen molar-refractivity contribution in [1.29, 1.82) is 0 Å². The molecule has 2 atom stereocenters. The van der Waals surface area contributed by atoms with E-state index < -0.39 is 29.1 Å². The van der Waals surface area contributed by atoms with Crippen LogP contribution in [0.25, 0.3) is 11.1 Å². The van der Waals surface area contributed by atoms with Crippen LogP contribution in [0.2, 0.25) is 0 Å². The fourth-order valence-electron chi connectivity index (χ4n) is 5.58. The van der Waals surface area contributed by atoms with Gasteiger partial charge in [-0.2, -0.15) is 0 Å². The number of amides is 2. The van der Waals surface area contributed by atoms with Crippen molar-refractivity contribution < 1.29 is 24.2 Å². The molecule has 2 aromatic carbocycles. The third-order valence-electron chi connectivity index (χ3n) is 8.08. The number of benzene rings is 2. The summed E-state index contributed by atoms with van der Waals surface area (Å²) in [5.74, 6) is -1.35. The first kappa shape index (κ1) is 24.8. The Morgan fingerprint density at radius 3 is 2.14 bits per heavy atom. The van der Waals surface area contributed by atoms with Gasteiger partial charge in [-0.05, 0) is 54.9 Å². The van der Waals surface area contributed by atoms with E-state index in [-0.39, 0.29) is 18.4 Å². The zero-order valence-electron chi connectivity index (χ0n) is 20.6. The van der Waals surface area contributed by atoms with Crippen molar-refractivity contribution in [3.05, 3.63) is 59.7 Å². The SMILES string of the molecule is CCC(CC)(NC(=O)OCC1c2ccccc2-c2ccccc21)C(=O)NC1CCCC1(C)C(=O)O. The molecule has 4 rings (SSSR count). The number of alkyl carbamates (subject to hydrolysis) is 1. The third kappa shape index (κ3) is 4.40. The largest absolute Gasteiger partial charge is 0.481 e. The standard InChI is InChI=1S/C28H34N2O5/c1-4-28(5-2,24(31)29-23-15-10-16-27(23,3)25(32)33)30-26(34)35-17-22-20-13-8-6-11-18(20)19-12-7-9-14-21(19)22/h6-9,11-14,22-23H,4-5,10,15-17H2,1-3H3,(H,29,31)(H,30,34)(H,32,33). The monoisotopic (exact) mass is 478 g/mol. The van der Waals surface area contributed by atoms with E-state index >= 15 is 0 Å². The van der Waals surface area contributed by atoms with E-state index in [4.69, 9.17) is 4.74 Å². The van der Waals surface area contributed by atoms with E-state index in [9.17, 15) is 19.5 Å². The number of hydrogen-bond donors (Lipinski definition) is 3. The van der Waals surface area contributed by atoms with Crippen LogP contribution in [0.3, 0.4) is 0 Å². The van der Waals surface area contributed by atoms with Gasteiger partial charge in [0.2, 0.25) is 5.91 Å². The van der Waals surface area contributed by atoms with E-state index in [2.05, 4.69) is 34.9 Å². The number of carbonyl (C=O) groups is 3. The Morgan fingerprint density at radius 1 is 1.03 bits per heavy atom. The predicted molar refractivity (Wildman–Crippen MR) is 133 cm³/mol. The molecule has 2 aromatic rings. The second-order valence-electron chi connectivity index (χ2n) is 9.88. The maximum absolute atomic E-state index is 13.3. The molecule has 0 aromatic heterocycles. The molecule has 0 spiro atoms. The maximum Gasteiger partial charge on any atom is 0.408 e. The van der Waals surface area contributed by atoms with E-state index in [0.717, 1.165) is 28.7 Å². The summed E-state index contributed by atoms with van der Waals surface area (Å²) < 4.78 is 5.67. The maximum atomic E-state index is 13.3. The number of carboxylic acid groups (broad SMARTS) is 1. The molecule has 2 aliphatic rings. The fourth-order valence-corrected chi connectivity index (χ4v) is 5.58. The van der Waals surface area contributed by atoms with Crippen LogP contribution in [0.15, 0.2) is 48.5 Å². The Morgan fingerprint density at radius 2 is 1.60 bits per heavy atom. The first-order valence-electron chi connectivity index (χ1n) is 12.4. The minimum absolute atomic E-state index is 0.0746. The zero-order valence-corrected chi connectivity index (χ0v) is 20.6. The van der Waals surface area contributed by atoms with Crippen LogP contribution in [0.5, 0.6) is 0 Å². The lowest BCUT2D eigenvalue weighted by atomic mass is 9.83. The zero-order chi connectivity index (χ0) is 25.2. The van der Waals surface area contributed by atoms with Gasteiger partial charge in [0.25, 0.3) is 0 Å². The molecule has 7 nitrogen and oxygen atoms in total. The number of carbonyl (C=O) groups excluding carboxylic acids is 2. The van der Waals surface area contributed by atoms with Crippen LogP contribution >= 0.6 is 0 Å². The Balaban J connectivity index is 1.45. The molecule has 2 unspecified atom stereocenters. The highest BCUT2D eigenvalue weighted by Crippen LogP contribution is 2.44. The smallest absolute Gasteiger partial charge is 0.408 e. The Labute approximate surface area is 206 Å². The van der Waals surface area contributed by atoms with Crippen molar-refractivity contribution in [2.45, 2.75) is 70.4 Å². The average Bonchev–Trinajstić information content (AvgIpc) is 3.39. The lowest BCUT2D eigenvalue weighted by Gasteiger charge is -2.35. The predicted octanol–water partition coefficient (Wildman–Crippen LogP) is 4.84. The second-order valence-corrected chi connectivity index (χ2v) is 9.88. The van der Waals surface area contributed by atoms with Gasteiger partial charge in [0.15, 0.2) is 0 Å². The van der Waals surface area contributed by atoms with Crippen LogP contribution < -0.4 is 10.6 Å². The number of rotatable bonds is 8. The highest BCUT2D eigenvalue weighted by atomic mass is 16.5.